The number of benzene rings is 4. The van der Waals surface area contributed by atoms with Crippen LogP contribution in [0.2, 0.25) is 0 Å². The third-order valence-electron chi connectivity index (χ3n) is 7.45. The fourth-order valence-electron chi connectivity index (χ4n) is 5.40. The molecule has 43 heavy (non-hydrogen) atoms. The van der Waals surface area contributed by atoms with Crippen molar-refractivity contribution in [1.82, 2.24) is 0 Å². The topological polar surface area (TPSA) is 83.1 Å². The van der Waals surface area contributed by atoms with Gasteiger partial charge in [-0.15, -0.1) is 0 Å². The zero-order valence-electron chi connectivity index (χ0n) is 23.2. The Labute approximate surface area is 267 Å². The van der Waals surface area contributed by atoms with E-state index < -0.39 is 12.5 Å². The summed E-state index contributed by atoms with van der Waals surface area (Å²) in [6, 6.07) is 30.9. The molecule has 2 aliphatic heterocycles. The molecule has 4 aromatic rings. The predicted molar refractivity (Wildman–Crippen MR) is 175 cm³/mol. The first-order chi connectivity index (χ1) is 20.9. The van der Waals surface area contributed by atoms with Gasteiger partial charge < -0.3 is 29.9 Å². The number of nitrogens with zero attached hydrogens (tertiary/aromatic N) is 2. The Bertz CT molecular complexity index is 1480. The molecular formula is C33H30Br2N4O4. The molecule has 2 amide bonds. The molecule has 0 saturated carbocycles. The van der Waals surface area contributed by atoms with Gasteiger partial charge in [0.1, 0.15) is 12.5 Å². The second kappa shape index (κ2) is 13.3. The van der Waals surface area contributed by atoms with E-state index in [0.29, 0.717) is 31.0 Å². The van der Waals surface area contributed by atoms with Crippen LogP contribution in [-0.4, -0.2) is 37.4 Å². The Hall–Kier alpha value is -3.70. The van der Waals surface area contributed by atoms with Crippen LogP contribution in [-0.2, 0) is 32.3 Å². The minimum atomic E-state index is -0.460. The number of hydrogen-bond donors (Lipinski definition) is 2. The highest BCUT2D eigenvalue weighted by atomic mass is 79.9. The lowest BCUT2D eigenvalue weighted by atomic mass is 10.1. The number of nitrogens with one attached hydrogen (secondary N) is 2. The molecule has 0 saturated heterocycles. The number of rotatable bonds is 8. The Morgan fingerprint density at radius 1 is 0.628 bits per heavy atom. The fourth-order valence-corrected chi connectivity index (χ4v) is 5.93. The summed E-state index contributed by atoms with van der Waals surface area (Å²) in [5.74, 6) is -0.318. The van der Waals surface area contributed by atoms with Crippen LogP contribution >= 0.6 is 31.9 Å². The summed E-state index contributed by atoms with van der Waals surface area (Å²) >= 11 is 6.87. The van der Waals surface area contributed by atoms with E-state index in [4.69, 9.17) is 9.47 Å². The summed E-state index contributed by atoms with van der Waals surface area (Å²) in [7, 11) is 0. The number of anilines is 4. The van der Waals surface area contributed by atoms with Crippen LogP contribution in [0.1, 0.15) is 17.5 Å². The number of carbonyl (C=O) groups excluding carboxylic acids is 2. The standard InChI is InChI=1S/C33H30Br2N4O4/c34-24-9-13-26(14-10-24)36-30(40)18-38-28-7-3-1-5-22(28)20-42-32(38)17-33-39(29-8-4-2-6-23(29)21-43-33)19-31(41)37-27-15-11-25(35)12-16-27/h1-16,32-33H,17-21H2,(H,36,40)(H,37,41). The normalized spacial score (nSPS) is 17.5. The van der Waals surface area contributed by atoms with Gasteiger partial charge in [-0.05, 0) is 60.7 Å². The third-order valence-corrected chi connectivity index (χ3v) is 8.50. The Kier molecular flexibility index (Phi) is 9.08. The van der Waals surface area contributed by atoms with E-state index in [1.807, 2.05) is 107 Å². The minimum absolute atomic E-state index is 0.0884. The first-order valence-corrected chi connectivity index (χ1v) is 15.5. The van der Waals surface area contributed by atoms with E-state index >= 15 is 0 Å². The Balaban J connectivity index is 1.23. The summed E-state index contributed by atoms with van der Waals surface area (Å²) in [6.45, 7) is 1.01. The van der Waals surface area contributed by atoms with Gasteiger partial charge in [0.05, 0.1) is 26.3 Å². The van der Waals surface area contributed by atoms with Crippen molar-refractivity contribution >= 4 is 66.4 Å². The quantitative estimate of drug-likeness (QED) is 0.208. The summed E-state index contributed by atoms with van der Waals surface area (Å²) < 4.78 is 14.6. The van der Waals surface area contributed by atoms with E-state index in [1.165, 1.54) is 0 Å². The van der Waals surface area contributed by atoms with Crippen molar-refractivity contribution in [3.63, 3.8) is 0 Å². The highest BCUT2D eigenvalue weighted by Crippen LogP contribution is 2.35. The van der Waals surface area contributed by atoms with Crippen molar-refractivity contribution in [2.75, 3.05) is 33.5 Å². The molecule has 0 fully saturated rings. The van der Waals surface area contributed by atoms with Gasteiger partial charge >= 0.3 is 0 Å². The molecule has 10 heteroatoms. The lowest BCUT2D eigenvalue weighted by molar-refractivity contribution is -0.116. The molecule has 2 unspecified atom stereocenters. The first-order valence-electron chi connectivity index (χ1n) is 14.0. The molecule has 8 nitrogen and oxygen atoms in total. The molecule has 220 valence electrons. The maximum Gasteiger partial charge on any atom is 0.243 e. The molecule has 2 atom stereocenters. The minimum Gasteiger partial charge on any atom is -0.353 e. The van der Waals surface area contributed by atoms with Gasteiger partial charge in [0.2, 0.25) is 11.8 Å². The van der Waals surface area contributed by atoms with Gasteiger partial charge in [0.25, 0.3) is 0 Å². The maximum absolute atomic E-state index is 13.3. The van der Waals surface area contributed by atoms with Gasteiger partial charge in [-0.3, -0.25) is 9.59 Å². The van der Waals surface area contributed by atoms with Crippen LogP contribution in [0.25, 0.3) is 0 Å². The van der Waals surface area contributed by atoms with Gasteiger partial charge in [-0.1, -0.05) is 68.3 Å². The van der Waals surface area contributed by atoms with Crippen LogP contribution in [0.15, 0.2) is 106 Å². The van der Waals surface area contributed by atoms with Crippen LogP contribution in [0.4, 0.5) is 22.7 Å². The van der Waals surface area contributed by atoms with E-state index in [9.17, 15) is 9.59 Å². The number of amides is 2. The van der Waals surface area contributed by atoms with Crippen molar-refractivity contribution < 1.29 is 19.1 Å². The fraction of sp³-hybridized carbons (Fsp3) is 0.212. The zero-order valence-corrected chi connectivity index (χ0v) is 26.4. The summed E-state index contributed by atoms with van der Waals surface area (Å²) in [5, 5.41) is 5.98. The summed E-state index contributed by atoms with van der Waals surface area (Å²) in [5.41, 5.74) is 5.34. The third kappa shape index (κ3) is 7.10. The molecular weight excluding hydrogens is 676 g/mol. The van der Waals surface area contributed by atoms with Crippen LogP contribution in [0, 0.1) is 0 Å². The first kappa shape index (κ1) is 29.4. The van der Waals surface area contributed by atoms with E-state index in [2.05, 4.69) is 42.5 Å². The van der Waals surface area contributed by atoms with Crippen LogP contribution in [0.5, 0.6) is 0 Å². The average Bonchev–Trinajstić information content (AvgIpc) is 3.01. The van der Waals surface area contributed by atoms with Crippen LogP contribution < -0.4 is 20.4 Å². The SMILES string of the molecule is O=C(CN1c2ccccc2COC1CC1OCc2ccccc2N1CC(=O)Nc1ccc(Br)cc1)Nc1ccc(Br)cc1. The largest absolute Gasteiger partial charge is 0.353 e. The second-order valence-electron chi connectivity index (χ2n) is 10.4. The molecule has 0 aromatic heterocycles. The molecule has 2 N–H and O–H groups in total. The van der Waals surface area contributed by atoms with Crippen molar-refractivity contribution in [3.8, 4) is 0 Å². The molecule has 4 aromatic carbocycles. The number of ether oxygens (including phenoxy) is 2. The predicted octanol–water partition coefficient (Wildman–Crippen LogP) is 6.90. The molecule has 2 aliphatic rings. The number of hydrogen-bond acceptors (Lipinski definition) is 6. The molecule has 6 rings (SSSR count). The van der Waals surface area contributed by atoms with Crippen molar-refractivity contribution in [2.24, 2.45) is 0 Å². The van der Waals surface area contributed by atoms with Gasteiger partial charge in [-0.2, -0.15) is 0 Å². The van der Waals surface area contributed by atoms with Gasteiger partial charge in [-0.25, -0.2) is 0 Å². The smallest absolute Gasteiger partial charge is 0.243 e. The average molecular weight is 706 g/mol. The zero-order chi connectivity index (χ0) is 29.8. The van der Waals surface area contributed by atoms with Crippen molar-refractivity contribution in [2.45, 2.75) is 32.1 Å². The Morgan fingerprint density at radius 3 is 1.44 bits per heavy atom. The lowest BCUT2D eigenvalue weighted by Gasteiger charge is -2.43. The monoisotopic (exact) mass is 704 g/mol. The number of para-hydroxylation sites is 2. The number of fused-ring (bicyclic) bond motifs is 2. The summed E-state index contributed by atoms with van der Waals surface area (Å²) in [6.07, 6.45) is -0.504. The maximum atomic E-state index is 13.3. The molecule has 0 aliphatic carbocycles. The molecule has 0 spiro atoms. The number of halogens is 2. The van der Waals surface area contributed by atoms with Gasteiger partial charge in [0, 0.05) is 49.2 Å². The van der Waals surface area contributed by atoms with E-state index in [-0.39, 0.29) is 24.9 Å². The van der Waals surface area contributed by atoms with E-state index in [0.717, 1.165) is 31.4 Å². The molecule has 0 radical (unpaired) electrons. The van der Waals surface area contributed by atoms with Gasteiger partial charge in [0.15, 0.2) is 0 Å². The molecule has 0 bridgehead atoms. The highest BCUT2D eigenvalue weighted by Gasteiger charge is 2.36. The van der Waals surface area contributed by atoms with Crippen molar-refractivity contribution in [1.29, 1.82) is 0 Å². The second-order valence-corrected chi connectivity index (χ2v) is 12.2. The number of carbonyl (C=O) groups is 2. The lowest BCUT2D eigenvalue weighted by Crippen LogP contribution is -2.52. The molecule has 2 heterocycles. The van der Waals surface area contributed by atoms with Crippen molar-refractivity contribution in [3.05, 3.63) is 117 Å². The highest BCUT2D eigenvalue weighted by molar-refractivity contribution is 9.10. The van der Waals surface area contributed by atoms with E-state index in [1.54, 1.807) is 0 Å². The Morgan fingerprint density at radius 2 is 1.02 bits per heavy atom. The summed E-state index contributed by atoms with van der Waals surface area (Å²) in [4.78, 5) is 30.5. The van der Waals surface area contributed by atoms with Crippen LogP contribution in [0.3, 0.4) is 0 Å².